The van der Waals surface area contributed by atoms with E-state index in [1.165, 1.54) is 103 Å². The Balaban J connectivity index is -0.000000200. The molecule has 800 valence electrons. The molecule has 6 unspecified atom stereocenters. The zero-order valence-corrected chi connectivity index (χ0v) is 96.3. The number of nitrogens with one attached hydrogen (secondary N) is 5. The van der Waals surface area contributed by atoms with E-state index in [0.717, 1.165) is 0 Å². The molecular weight excluding hydrogens is 2180 g/mol. The van der Waals surface area contributed by atoms with Crippen LogP contribution in [0, 0.1) is 13.8 Å². The van der Waals surface area contributed by atoms with Crippen molar-refractivity contribution in [1.82, 2.24) is 44.2 Å². The monoisotopic (exact) mass is 2320 g/mol. The molecule has 9 rings (SSSR count). The van der Waals surface area contributed by atoms with Crippen molar-refractivity contribution in [3.05, 3.63) is 241 Å². The van der Waals surface area contributed by atoms with Crippen molar-refractivity contribution < 1.29 is 93.7 Å². The number of H-pyrrole nitrogens is 2. The molecule has 2 aliphatic heterocycles. The fourth-order valence-electron chi connectivity index (χ4n) is 8.97. The van der Waals surface area contributed by atoms with Crippen LogP contribution in [0.25, 0.3) is 0 Å². The highest BCUT2D eigenvalue weighted by Gasteiger charge is 2.35. The van der Waals surface area contributed by atoms with Crippen LogP contribution in [-0.2, 0) is 65.4 Å². The van der Waals surface area contributed by atoms with E-state index in [1.807, 2.05) is 75.3 Å². The number of alkyl halides is 6. The van der Waals surface area contributed by atoms with Crippen molar-refractivity contribution in [2.45, 2.75) is 196 Å². The summed E-state index contributed by atoms with van der Waals surface area (Å²) < 4.78 is 110. The molecule has 0 bridgehead atoms. The number of aromatic amines is 2. The molecule has 0 radical (unpaired) electrons. The molecule has 4 heterocycles. The van der Waals surface area contributed by atoms with Gasteiger partial charge in [-0.1, -0.05) is 221 Å². The van der Waals surface area contributed by atoms with Crippen molar-refractivity contribution in [3.63, 3.8) is 0 Å². The Hall–Kier alpha value is -5.09. The number of aromatic nitrogens is 4. The number of aryl methyl sites for hydroxylation is 2. The Bertz CT molecular complexity index is 4650. The Labute approximate surface area is 885 Å². The average molecular weight is 2330 g/mol. The summed E-state index contributed by atoms with van der Waals surface area (Å²) >= 11 is 64.1. The van der Waals surface area contributed by atoms with E-state index in [2.05, 4.69) is 129 Å². The number of benzene rings is 5. The molecule has 0 fully saturated rings. The number of phenolic OH excluding ortho intramolecular Hbond substituents is 1. The molecule has 10 atom stereocenters. The summed E-state index contributed by atoms with van der Waals surface area (Å²) in [5, 5.41) is 22.2. The number of carbonyl (C=O) groups is 3. The van der Waals surface area contributed by atoms with Gasteiger partial charge in [0.25, 0.3) is 11.1 Å². The van der Waals surface area contributed by atoms with Crippen molar-refractivity contribution in [3.8, 4) is 28.7 Å². The number of carbonyl (C=O) groups excluding carboxylic acids is 3. The van der Waals surface area contributed by atoms with Gasteiger partial charge >= 0.3 is 62.1 Å². The summed E-state index contributed by atoms with van der Waals surface area (Å²) in [4.78, 5) is 89.5. The lowest BCUT2D eigenvalue weighted by Gasteiger charge is -2.24. The molecule has 0 aliphatic carbocycles. The van der Waals surface area contributed by atoms with Crippen LogP contribution in [0.1, 0.15) is 163 Å². The number of ether oxygens (including phenoxy) is 5. The molecule has 0 saturated carbocycles. The molecule has 2 aromatic heterocycles. The van der Waals surface area contributed by atoms with Gasteiger partial charge in [-0.25, -0.2) is 38.0 Å². The molecule has 51 heteroatoms. The number of aliphatic hydroxyl groups excluding tert-OH is 1. The highest BCUT2D eigenvalue weighted by molar-refractivity contribution is 8.24. The van der Waals surface area contributed by atoms with E-state index >= 15 is 0 Å². The smallest absolute Gasteiger partial charge is 0.459 e. The van der Waals surface area contributed by atoms with Crippen LogP contribution in [0.3, 0.4) is 0 Å². The molecule has 0 spiro atoms. The second-order valence-corrected chi connectivity index (χ2v) is 44.7. The Kier molecular flexibility index (Phi) is 102. The van der Waals surface area contributed by atoms with Gasteiger partial charge in [0.2, 0.25) is 0 Å². The second-order valence-electron chi connectivity index (χ2n) is 24.2. The van der Waals surface area contributed by atoms with Crippen LogP contribution in [0.15, 0.2) is 208 Å². The quantitative estimate of drug-likeness (QED) is 0.00752. The zero-order chi connectivity index (χ0) is 108. The lowest BCUT2D eigenvalue weighted by molar-refractivity contribution is -0.143. The Morgan fingerprint density at radius 1 is 0.424 bits per heavy atom. The van der Waals surface area contributed by atoms with E-state index in [-0.39, 0.29) is 42.4 Å². The average Bonchev–Trinajstić information content (AvgIpc) is 1.71. The fraction of sp³-hybridized carbons (Fsp3) is 0.489. The van der Waals surface area contributed by atoms with Crippen LogP contribution in [0.5, 0.6) is 28.7 Å². The molecule has 2 aliphatic rings. The summed E-state index contributed by atoms with van der Waals surface area (Å²) in [6.45, 7) is 40.3. The lowest BCUT2D eigenvalue weighted by Crippen LogP contribution is -2.35. The molecule has 0 saturated heterocycles. The van der Waals surface area contributed by atoms with Gasteiger partial charge in [-0.05, 0) is 180 Å². The number of esters is 3. The Morgan fingerprint density at radius 3 is 0.899 bits per heavy atom. The highest BCUT2D eigenvalue weighted by atomic mass is 36.0. The number of nitrogens with zero attached hydrogens (tertiary/aromatic N) is 4. The maximum absolute atomic E-state index is 13.3. The number of halogens is 13. The van der Waals surface area contributed by atoms with Crippen LogP contribution in [-0.4, -0.2) is 177 Å². The van der Waals surface area contributed by atoms with Gasteiger partial charge in [0, 0.05) is 68.5 Å². The minimum absolute atomic E-state index is 0. The van der Waals surface area contributed by atoms with Crippen LogP contribution in [0.4, 0.5) is 0 Å². The molecule has 0 amide bonds. The number of hydrogen-bond donors (Lipinski definition) is 7. The third-order valence-electron chi connectivity index (χ3n) is 15.0. The van der Waals surface area contributed by atoms with Crippen LogP contribution in [0.2, 0.25) is 0 Å². The Morgan fingerprint density at radius 2 is 0.669 bits per heavy atom. The number of rotatable bonds is 29. The number of aromatic hydroxyl groups is 1. The van der Waals surface area contributed by atoms with E-state index in [4.69, 9.17) is 152 Å². The largest absolute Gasteiger partial charge is 0.508 e. The van der Waals surface area contributed by atoms with Gasteiger partial charge in [0.05, 0.1) is 50.6 Å². The summed E-state index contributed by atoms with van der Waals surface area (Å²) in [6, 6.07) is 39.9. The topological polar surface area (TPSA) is 422 Å². The molecule has 139 heavy (non-hydrogen) atoms. The summed E-state index contributed by atoms with van der Waals surface area (Å²) in [5.74, 6) is -0.0639. The van der Waals surface area contributed by atoms with E-state index in [0.29, 0.717) is 34.1 Å². The highest BCUT2D eigenvalue weighted by Crippen LogP contribution is 2.61. The maximum atomic E-state index is 13.3. The number of para-hydroxylation sites is 5. The van der Waals surface area contributed by atoms with Crippen LogP contribution >= 0.6 is 181 Å². The number of hydrogen-bond acceptors (Lipinski definition) is 26. The van der Waals surface area contributed by atoms with Gasteiger partial charge in [0.1, 0.15) is 59.1 Å². The summed E-state index contributed by atoms with van der Waals surface area (Å²) in [5.41, 5.74) is -1.24. The summed E-state index contributed by atoms with van der Waals surface area (Å²) in [7, 11) is -0.335. The third-order valence-corrected chi connectivity index (χ3v) is 20.8. The number of methoxy groups -OCH3 is 3. The molecular formula is C88H143Cl13N9O24P5. The van der Waals surface area contributed by atoms with Gasteiger partial charge in [-0.2, -0.15) is 5.09 Å². The normalized spacial score (nSPS) is 14.7. The molecule has 7 N–H and O–H groups in total. The van der Waals surface area contributed by atoms with E-state index in [1.54, 1.807) is 184 Å². The molecule has 5 aromatic carbocycles. The van der Waals surface area contributed by atoms with Crippen molar-refractivity contribution in [2.75, 3.05) is 89.8 Å². The van der Waals surface area contributed by atoms with E-state index < -0.39 is 116 Å². The maximum Gasteiger partial charge on any atom is 0.459 e. The van der Waals surface area contributed by atoms with Gasteiger partial charge < -0.3 is 61.8 Å². The fourth-order valence-corrected chi connectivity index (χ4v) is 14.7. The minimum Gasteiger partial charge on any atom is -0.508 e. The predicted octanol–water partition coefficient (Wildman–Crippen LogP) is 26.7. The summed E-state index contributed by atoms with van der Waals surface area (Å²) in [6.07, 6.45) is 3.57. The third kappa shape index (κ3) is 82.7. The first kappa shape index (κ1) is 152. The van der Waals surface area contributed by atoms with Gasteiger partial charge in [0.15, 0.2) is 12.5 Å². The SMILES string of the molecule is C.CC.CC.CC.CC.CC.CCN(CC)CC.CCN(CC)CC.COC(=O)C(C)NP(=O)(Cl)Oc1ccccc1.COC(=O)C(C)NP(=O)(Cl)Oc1ccccc1.COC(=O)C(C)NP(=O)(OC[C@@H]1C=C[C@H](n2cc(C)c(=O)[nH]c2=O)O1)Oc1ccccc1.Cc1cn([C@H]2C=C[C@@H](CO)O2)c(=O)[nH]c1=O.ClCCl.ClCCl.ClCCl.O=P(Cl)(Cl)Cl.O=P(Cl)(Cl)Oc1ccccc1.Oc1ccccc1. The lowest BCUT2D eigenvalue weighted by atomic mass is 10.3. The van der Waals surface area contributed by atoms with Crippen LogP contribution < -0.4 is 55.9 Å². The first-order valence-electron chi connectivity index (χ1n) is 42.7. The molecule has 33 nitrogen and oxygen atoms in total. The van der Waals surface area contributed by atoms with Gasteiger partial charge in [-0.15, -0.1) is 69.6 Å². The number of aliphatic hydroxyl groups is 1. The van der Waals surface area contributed by atoms with E-state index in [9.17, 15) is 56.4 Å². The van der Waals surface area contributed by atoms with Crippen molar-refractivity contribution in [2.24, 2.45) is 0 Å². The van der Waals surface area contributed by atoms with Crippen molar-refractivity contribution >= 4 is 199 Å². The molecule has 7 aromatic rings. The first-order valence-corrected chi connectivity index (χ1v) is 60.3. The minimum atomic E-state index is -4.01. The standard InChI is InChI=1S/C20H24N3O8P.2C10H13ClNO4P.C10H12N2O4.C6H5Cl2O2P.2C6H15N.C6H6O.5C2H6.3CH2Cl2.CH4.Cl3OP/c1-13-11-23(20(26)21-18(13)24)17-10-9-16(30-17)12-29-32(27,22-14(2)19(25)28-3)31-15-7-5-4-6-8-15;2*1-8(10(13)15-2)12-17(11,14)16-9-6-4-3-5-7-9;1-6-4-12(10(15)11-9(6)14)8-3-2-7(5-13)16-8;7-11(8,9)10-6-4-2-1-3-5-6;2*1-4-7(5-2)6-3;7-6-4-2-1-3-5-6;5*1-2;3*2-1-3;;1-5(2,3)4/h4-11,14,16-17H,12H2,1-3H3,(H,22,27)(H,21,24,26);2*3-8H,1-2H3,(H,12,14);2-4,7-8,13H,5H2,1H3,(H,11,14,15);1-5H;2*4-6H2,1-3H3;1-5,7H;5*1-2H3;3*1H2;1H4;/t14?,16-,17+,32?;;;7-,8+;;;;;;;;;;;;;;/m0..0............../s1. The number of phenols is 1. The predicted molar refractivity (Wildman–Crippen MR) is 581 cm³/mol. The van der Waals surface area contributed by atoms with Gasteiger partial charge in [-0.3, -0.25) is 52.2 Å². The second kappa shape index (κ2) is 93.9. The zero-order valence-electron chi connectivity index (χ0n) is 82.0. The first-order chi connectivity index (χ1) is 65.1. The van der Waals surface area contributed by atoms with Crippen molar-refractivity contribution in [1.29, 1.82) is 0 Å².